The molecule has 0 bridgehead atoms. The van der Waals surface area contributed by atoms with Crippen LogP contribution in [0.5, 0.6) is 0 Å². The summed E-state index contributed by atoms with van der Waals surface area (Å²) in [4.78, 5) is 4.48. The quantitative estimate of drug-likeness (QED) is 0.251. The normalized spacial score (nSPS) is 12.0. The maximum absolute atomic E-state index is 4.48. The van der Waals surface area contributed by atoms with E-state index in [0.717, 1.165) is 11.2 Å². The summed E-state index contributed by atoms with van der Waals surface area (Å²) in [6, 6.07) is 39.4. The van der Waals surface area contributed by atoms with E-state index >= 15 is 0 Å². The molecule has 0 fully saturated rings. The summed E-state index contributed by atoms with van der Waals surface area (Å²) >= 11 is 1.69. The van der Waals surface area contributed by atoms with Crippen LogP contribution in [0.2, 0.25) is 0 Å². The molecule has 3 aromatic heterocycles. The van der Waals surface area contributed by atoms with E-state index in [0.29, 0.717) is 0 Å². The lowest BCUT2D eigenvalue weighted by Crippen LogP contribution is -1.95. The Bertz CT molecular complexity index is 2060. The zero-order valence-electron chi connectivity index (χ0n) is 18.7. The van der Waals surface area contributed by atoms with E-state index in [4.69, 9.17) is 0 Å². The summed E-state index contributed by atoms with van der Waals surface area (Å²) in [6.45, 7) is 0. The van der Waals surface area contributed by atoms with Crippen molar-refractivity contribution in [2.45, 2.75) is 0 Å². The Balaban J connectivity index is 1.57. The topological polar surface area (TPSA) is 22.8 Å². The molecule has 0 aliphatic heterocycles. The van der Waals surface area contributed by atoms with E-state index in [2.05, 4.69) is 123 Å². The lowest BCUT2D eigenvalue weighted by Gasteiger charge is -2.10. The van der Waals surface area contributed by atoms with Gasteiger partial charge in [0.1, 0.15) is 0 Å². The number of fused-ring (bicyclic) bond motifs is 7. The van der Waals surface area contributed by atoms with Crippen molar-refractivity contribution in [3.63, 3.8) is 0 Å². The van der Waals surface area contributed by atoms with E-state index < -0.39 is 0 Å². The van der Waals surface area contributed by atoms with Crippen LogP contribution in [0.4, 0.5) is 0 Å². The second kappa shape index (κ2) is 7.05. The highest BCUT2D eigenvalue weighted by Crippen LogP contribution is 2.39. The smallest absolute Gasteiger partial charge is 0.0813 e. The van der Waals surface area contributed by atoms with Gasteiger partial charge >= 0.3 is 0 Å². The van der Waals surface area contributed by atoms with Gasteiger partial charge in [-0.3, -0.25) is 0 Å². The van der Waals surface area contributed by atoms with Gasteiger partial charge in [0.05, 0.1) is 37.8 Å². The van der Waals surface area contributed by atoms with E-state index in [1.165, 1.54) is 54.0 Å². The van der Waals surface area contributed by atoms with Crippen molar-refractivity contribution in [1.29, 1.82) is 0 Å². The molecule has 3 heterocycles. The Labute approximate surface area is 205 Å². The molecule has 8 rings (SSSR count). The highest BCUT2D eigenvalue weighted by Gasteiger charge is 2.18. The van der Waals surface area contributed by atoms with E-state index in [9.17, 15) is 0 Å². The van der Waals surface area contributed by atoms with Crippen LogP contribution >= 0.6 is 11.3 Å². The number of para-hydroxylation sites is 3. The SMILES string of the molecule is c1ccc(-n2c3ccccc3c3cc4c5ccccc5n(-c5ccc6ncsc6c5)c4cc32)cc1. The van der Waals surface area contributed by atoms with Crippen LogP contribution in [0.3, 0.4) is 0 Å². The van der Waals surface area contributed by atoms with Gasteiger partial charge in [0.15, 0.2) is 0 Å². The summed E-state index contributed by atoms with van der Waals surface area (Å²) < 4.78 is 5.99. The van der Waals surface area contributed by atoms with Crippen molar-refractivity contribution in [3.8, 4) is 11.4 Å². The fourth-order valence-electron chi connectivity index (χ4n) is 5.55. The number of hydrogen-bond acceptors (Lipinski definition) is 2. The molecule has 0 N–H and O–H groups in total. The van der Waals surface area contributed by atoms with Crippen LogP contribution in [0.1, 0.15) is 0 Å². The Morgan fingerprint density at radius 2 is 1.11 bits per heavy atom. The molecule has 0 saturated carbocycles. The molecule has 0 spiro atoms. The highest BCUT2D eigenvalue weighted by molar-refractivity contribution is 7.16. The van der Waals surface area contributed by atoms with E-state index in [1.807, 2.05) is 5.51 Å². The largest absolute Gasteiger partial charge is 0.309 e. The Kier molecular flexibility index (Phi) is 3.82. The summed E-state index contributed by atoms with van der Waals surface area (Å²) in [5, 5.41) is 5.09. The van der Waals surface area contributed by atoms with E-state index in [1.54, 1.807) is 11.3 Å². The summed E-state index contributed by atoms with van der Waals surface area (Å²) in [5.41, 5.74) is 10.2. The molecule has 3 nitrogen and oxygen atoms in total. The van der Waals surface area contributed by atoms with Gasteiger partial charge in [-0.05, 0) is 54.6 Å². The minimum Gasteiger partial charge on any atom is -0.309 e. The Hall–Kier alpha value is -4.41. The van der Waals surface area contributed by atoms with Crippen LogP contribution in [-0.2, 0) is 0 Å². The summed E-state index contributed by atoms with van der Waals surface area (Å²) in [7, 11) is 0. The first-order valence-electron chi connectivity index (χ1n) is 11.7. The van der Waals surface area contributed by atoms with Crippen molar-refractivity contribution >= 4 is 65.2 Å². The van der Waals surface area contributed by atoms with Crippen LogP contribution in [0.25, 0.3) is 65.2 Å². The average Bonchev–Trinajstić information content (AvgIpc) is 3.60. The molecule has 164 valence electrons. The number of hydrogen-bond donors (Lipinski definition) is 0. The molecule has 35 heavy (non-hydrogen) atoms. The number of nitrogens with zero attached hydrogens (tertiary/aromatic N) is 3. The average molecular weight is 466 g/mol. The second-order valence-corrected chi connectivity index (χ2v) is 9.82. The summed E-state index contributed by atoms with van der Waals surface area (Å²) in [6.07, 6.45) is 0. The molecule has 0 amide bonds. The first-order valence-corrected chi connectivity index (χ1v) is 12.6. The molecule has 0 saturated heterocycles. The van der Waals surface area contributed by atoms with Crippen LogP contribution in [0.15, 0.2) is 115 Å². The van der Waals surface area contributed by atoms with Gasteiger partial charge in [-0.25, -0.2) is 4.98 Å². The number of rotatable bonds is 2. The Morgan fingerprint density at radius 1 is 0.486 bits per heavy atom. The monoisotopic (exact) mass is 465 g/mol. The minimum absolute atomic E-state index is 1.05. The van der Waals surface area contributed by atoms with Gasteiger partial charge in [0.25, 0.3) is 0 Å². The molecular weight excluding hydrogens is 446 g/mol. The van der Waals surface area contributed by atoms with Gasteiger partial charge < -0.3 is 9.13 Å². The molecule has 0 unspecified atom stereocenters. The maximum Gasteiger partial charge on any atom is 0.0813 e. The standard InChI is InChI=1S/C31H19N3S/c1-2-8-20(9-3-1)33-27-12-6-4-10-22(27)24-17-25-23-11-5-7-13-28(23)34(30(25)18-29(24)33)21-14-15-26-31(16-21)35-19-32-26/h1-19H. The third-order valence-corrected chi connectivity index (χ3v) is 7.85. The van der Waals surface area contributed by atoms with Gasteiger partial charge in [0.2, 0.25) is 0 Å². The Morgan fingerprint density at radius 3 is 1.83 bits per heavy atom. The zero-order chi connectivity index (χ0) is 22.9. The molecule has 0 radical (unpaired) electrons. The first kappa shape index (κ1) is 19.0. The van der Waals surface area contributed by atoms with E-state index in [-0.39, 0.29) is 0 Å². The van der Waals surface area contributed by atoms with Crippen LogP contribution in [-0.4, -0.2) is 14.1 Å². The minimum atomic E-state index is 1.05. The molecule has 5 aromatic carbocycles. The number of aromatic nitrogens is 3. The lowest BCUT2D eigenvalue weighted by atomic mass is 10.1. The van der Waals surface area contributed by atoms with Gasteiger partial charge in [-0.2, -0.15) is 0 Å². The van der Waals surface area contributed by atoms with Gasteiger partial charge in [0, 0.05) is 32.9 Å². The van der Waals surface area contributed by atoms with Crippen molar-refractivity contribution in [2.75, 3.05) is 0 Å². The molecule has 0 aliphatic rings. The molecular formula is C31H19N3S. The second-order valence-electron chi connectivity index (χ2n) is 8.93. The number of benzene rings is 5. The molecule has 0 atom stereocenters. The number of thiazole rings is 1. The highest BCUT2D eigenvalue weighted by atomic mass is 32.1. The van der Waals surface area contributed by atoms with Crippen LogP contribution < -0.4 is 0 Å². The maximum atomic E-state index is 4.48. The summed E-state index contributed by atoms with van der Waals surface area (Å²) in [5.74, 6) is 0. The predicted molar refractivity (Wildman–Crippen MR) is 148 cm³/mol. The van der Waals surface area contributed by atoms with Gasteiger partial charge in [-0.15, -0.1) is 11.3 Å². The third-order valence-electron chi connectivity index (χ3n) is 7.05. The molecule has 8 aromatic rings. The van der Waals surface area contributed by atoms with Crippen molar-refractivity contribution in [3.05, 3.63) is 115 Å². The third kappa shape index (κ3) is 2.63. The lowest BCUT2D eigenvalue weighted by molar-refractivity contribution is 1.17. The fraction of sp³-hybridized carbons (Fsp3) is 0. The molecule has 0 aliphatic carbocycles. The van der Waals surface area contributed by atoms with Crippen LogP contribution in [0, 0.1) is 0 Å². The fourth-order valence-corrected chi connectivity index (χ4v) is 6.26. The zero-order valence-corrected chi connectivity index (χ0v) is 19.5. The predicted octanol–water partition coefficient (Wildman–Crippen LogP) is 8.49. The van der Waals surface area contributed by atoms with Crippen molar-refractivity contribution in [2.24, 2.45) is 0 Å². The van der Waals surface area contributed by atoms with Crippen molar-refractivity contribution in [1.82, 2.24) is 14.1 Å². The van der Waals surface area contributed by atoms with Gasteiger partial charge in [-0.1, -0.05) is 54.6 Å². The molecule has 4 heteroatoms. The van der Waals surface area contributed by atoms with Crippen molar-refractivity contribution < 1.29 is 0 Å². The first-order chi connectivity index (χ1) is 17.4.